The highest BCUT2D eigenvalue weighted by Gasteiger charge is 2.16. The first-order chi connectivity index (χ1) is 6.68. The van der Waals surface area contributed by atoms with Crippen LogP contribution in [0.4, 0.5) is 0 Å². The molecule has 2 heterocycles. The van der Waals surface area contributed by atoms with Crippen molar-refractivity contribution in [1.82, 2.24) is 4.98 Å². The molecule has 0 amide bonds. The van der Waals surface area contributed by atoms with E-state index in [1.165, 1.54) is 0 Å². The Bertz CT molecular complexity index is 433. The molecule has 2 aromatic heterocycles. The van der Waals surface area contributed by atoms with Crippen LogP contribution in [0.3, 0.4) is 0 Å². The number of nitrogens with zero attached hydrogens (tertiary/aromatic N) is 1. The van der Waals surface area contributed by atoms with E-state index >= 15 is 0 Å². The first-order valence-electron chi connectivity index (χ1n) is 4.33. The normalized spacial score (nSPS) is 13.1. The zero-order chi connectivity index (χ0) is 10.1. The SMILES string of the molecule is Cc1cnc(C(O)c2ccsc2C)s1. The molecular weight excluding hydrogens is 214 g/mol. The van der Waals surface area contributed by atoms with Crippen LogP contribution in [-0.2, 0) is 0 Å². The van der Waals surface area contributed by atoms with Crippen LogP contribution >= 0.6 is 22.7 Å². The highest BCUT2D eigenvalue weighted by molar-refractivity contribution is 7.11. The smallest absolute Gasteiger partial charge is 0.132 e. The van der Waals surface area contributed by atoms with Crippen molar-refractivity contribution in [1.29, 1.82) is 0 Å². The summed E-state index contributed by atoms with van der Waals surface area (Å²) in [5, 5.41) is 12.8. The molecule has 0 fully saturated rings. The van der Waals surface area contributed by atoms with Crippen molar-refractivity contribution < 1.29 is 5.11 Å². The Balaban J connectivity index is 2.33. The molecule has 0 spiro atoms. The predicted octanol–water partition coefficient (Wildman–Crippen LogP) is 2.90. The molecule has 2 rings (SSSR count). The standard InChI is InChI=1S/C10H11NOS2/c1-6-5-11-10(14-6)9(12)8-3-4-13-7(8)2/h3-5,9,12H,1-2H3. The van der Waals surface area contributed by atoms with E-state index in [-0.39, 0.29) is 0 Å². The van der Waals surface area contributed by atoms with Gasteiger partial charge in [-0.05, 0) is 25.3 Å². The molecule has 0 saturated carbocycles. The van der Waals surface area contributed by atoms with Crippen LogP contribution in [0.2, 0.25) is 0 Å². The van der Waals surface area contributed by atoms with Gasteiger partial charge in [-0.3, -0.25) is 0 Å². The fourth-order valence-electron chi connectivity index (χ4n) is 1.31. The second kappa shape index (κ2) is 3.81. The average molecular weight is 225 g/mol. The Morgan fingerprint density at radius 2 is 2.21 bits per heavy atom. The summed E-state index contributed by atoms with van der Waals surface area (Å²) in [4.78, 5) is 6.48. The Hall–Kier alpha value is -0.710. The molecule has 1 unspecified atom stereocenters. The number of hydrogen-bond donors (Lipinski definition) is 1. The molecule has 74 valence electrons. The minimum atomic E-state index is -0.556. The highest BCUT2D eigenvalue weighted by Crippen LogP contribution is 2.29. The van der Waals surface area contributed by atoms with Crippen LogP contribution < -0.4 is 0 Å². The molecule has 0 bridgehead atoms. The van der Waals surface area contributed by atoms with Crippen molar-refractivity contribution in [2.75, 3.05) is 0 Å². The van der Waals surface area contributed by atoms with Crippen molar-refractivity contribution in [3.63, 3.8) is 0 Å². The van der Waals surface area contributed by atoms with E-state index in [9.17, 15) is 5.11 Å². The Morgan fingerprint density at radius 1 is 1.43 bits per heavy atom. The van der Waals surface area contributed by atoms with Crippen LogP contribution in [0.5, 0.6) is 0 Å². The van der Waals surface area contributed by atoms with E-state index in [4.69, 9.17) is 0 Å². The lowest BCUT2D eigenvalue weighted by Gasteiger charge is -2.05. The highest BCUT2D eigenvalue weighted by atomic mass is 32.1. The Morgan fingerprint density at radius 3 is 2.71 bits per heavy atom. The van der Waals surface area contributed by atoms with Crippen LogP contribution in [0, 0.1) is 13.8 Å². The number of aromatic nitrogens is 1. The van der Waals surface area contributed by atoms with Crippen molar-refractivity contribution in [3.8, 4) is 0 Å². The first kappa shape index (κ1) is 9.83. The van der Waals surface area contributed by atoms with Crippen LogP contribution in [-0.4, -0.2) is 10.1 Å². The van der Waals surface area contributed by atoms with E-state index in [1.54, 1.807) is 28.9 Å². The van der Waals surface area contributed by atoms with Crippen LogP contribution in [0.1, 0.15) is 26.4 Å². The van der Waals surface area contributed by atoms with Gasteiger partial charge < -0.3 is 5.11 Å². The van der Waals surface area contributed by atoms with Crippen molar-refractivity contribution >= 4 is 22.7 Å². The molecule has 1 atom stereocenters. The van der Waals surface area contributed by atoms with E-state index < -0.39 is 6.10 Å². The zero-order valence-corrected chi connectivity index (χ0v) is 9.65. The quantitative estimate of drug-likeness (QED) is 0.852. The van der Waals surface area contributed by atoms with Crippen molar-refractivity contribution in [3.05, 3.63) is 38.0 Å². The number of hydrogen-bond acceptors (Lipinski definition) is 4. The maximum absolute atomic E-state index is 10.0. The lowest BCUT2D eigenvalue weighted by atomic mass is 10.1. The second-order valence-electron chi connectivity index (χ2n) is 3.14. The summed E-state index contributed by atoms with van der Waals surface area (Å²) in [6.07, 6.45) is 1.24. The van der Waals surface area contributed by atoms with Crippen LogP contribution in [0.25, 0.3) is 0 Å². The molecule has 2 nitrogen and oxygen atoms in total. The van der Waals surface area contributed by atoms with Gasteiger partial charge in [0.1, 0.15) is 11.1 Å². The zero-order valence-electron chi connectivity index (χ0n) is 8.02. The third kappa shape index (κ3) is 1.73. The molecule has 14 heavy (non-hydrogen) atoms. The van der Waals surface area contributed by atoms with Gasteiger partial charge in [-0.2, -0.15) is 0 Å². The first-order valence-corrected chi connectivity index (χ1v) is 6.02. The fraction of sp³-hybridized carbons (Fsp3) is 0.300. The summed E-state index contributed by atoms with van der Waals surface area (Å²) in [6, 6.07) is 1.96. The van der Waals surface area contributed by atoms with Crippen molar-refractivity contribution in [2.45, 2.75) is 20.0 Å². The van der Waals surface area contributed by atoms with Gasteiger partial charge in [0.25, 0.3) is 0 Å². The Kier molecular flexibility index (Phi) is 2.67. The molecule has 2 aromatic rings. The number of aliphatic hydroxyl groups is 1. The number of aryl methyl sites for hydroxylation is 2. The number of thiophene rings is 1. The molecule has 0 aromatic carbocycles. The summed E-state index contributed by atoms with van der Waals surface area (Å²) < 4.78 is 0. The number of rotatable bonds is 2. The molecule has 0 radical (unpaired) electrons. The number of thiazole rings is 1. The van der Waals surface area contributed by atoms with Gasteiger partial charge in [-0.1, -0.05) is 0 Å². The van der Waals surface area contributed by atoms with Crippen LogP contribution in [0.15, 0.2) is 17.6 Å². The van der Waals surface area contributed by atoms with Gasteiger partial charge in [0, 0.05) is 21.5 Å². The van der Waals surface area contributed by atoms with Gasteiger partial charge in [-0.15, -0.1) is 22.7 Å². The maximum Gasteiger partial charge on any atom is 0.132 e. The summed E-state index contributed by atoms with van der Waals surface area (Å²) in [5.41, 5.74) is 0.976. The van der Waals surface area contributed by atoms with Gasteiger partial charge >= 0.3 is 0 Å². The minimum absolute atomic E-state index is 0.556. The van der Waals surface area contributed by atoms with E-state index in [2.05, 4.69) is 4.98 Å². The topological polar surface area (TPSA) is 33.1 Å². The molecule has 1 N–H and O–H groups in total. The largest absolute Gasteiger partial charge is 0.381 e. The molecule has 0 aliphatic rings. The Labute approximate surface area is 90.9 Å². The molecule has 0 aliphatic carbocycles. The monoisotopic (exact) mass is 225 g/mol. The summed E-state index contributed by atoms with van der Waals surface area (Å²) in [7, 11) is 0. The third-order valence-corrected chi connectivity index (χ3v) is 3.89. The second-order valence-corrected chi connectivity index (χ2v) is 5.53. The molecule has 0 aliphatic heterocycles. The summed E-state index contributed by atoms with van der Waals surface area (Å²) in [5.74, 6) is 0. The lowest BCUT2D eigenvalue weighted by Crippen LogP contribution is -1.98. The summed E-state index contributed by atoms with van der Waals surface area (Å²) in [6.45, 7) is 4.01. The van der Waals surface area contributed by atoms with Gasteiger partial charge in [0.15, 0.2) is 0 Å². The van der Waals surface area contributed by atoms with E-state index in [0.29, 0.717) is 0 Å². The number of aliphatic hydroxyl groups excluding tert-OH is 1. The van der Waals surface area contributed by atoms with Gasteiger partial charge in [0.05, 0.1) is 0 Å². The summed E-state index contributed by atoms with van der Waals surface area (Å²) >= 11 is 3.20. The molecular formula is C10H11NOS2. The van der Waals surface area contributed by atoms with E-state index in [1.807, 2.05) is 25.3 Å². The van der Waals surface area contributed by atoms with E-state index in [0.717, 1.165) is 20.3 Å². The molecule has 0 saturated heterocycles. The third-order valence-electron chi connectivity index (χ3n) is 2.07. The van der Waals surface area contributed by atoms with Gasteiger partial charge in [0.2, 0.25) is 0 Å². The minimum Gasteiger partial charge on any atom is -0.381 e. The average Bonchev–Trinajstić information content (AvgIpc) is 2.73. The van der Waals surface area contributed by atoms with Gasteiger partial charge in [-0.25, -0.2) is 4.98 Å². The lowest BCUT2D eigenvalue weighted by molar-refractivity contribution is 0.219. The molecule has 4 heteroatoms. The van der Waals surface area contributed by atoms with Crippen molar-refractivity contribution in [2.24, 2.45) is 0 Å². The predicted molar refractivity (Wildman–Crippen MR) is 60.0 cm³/mol. The maximum atomic E-state index is 10.0. The fourth-order valence-corrected chi connectivity index (χ4v) is 2.82.